The van der Waals surface area contributed by atoms with Crippen molar-refractivity contribution in [2.24, 2.45) is 11.7 Å². The van der Waals surface area contributed by atoms with Gasteiger partial charge in [0.2, 0.25) is 5.95 Å². The lowest BCUT2D eigenvalue weighted by atomic mass is 10.1. The van der Waals surface area contributed by atoms with E-state index < -0.39 is 0 Å². The van der Waals surface area contributed by atoms with Crippen molar-refractivity contribution < 1.29 is 0 Å². The molecule has 0 spiro atoms. The van der Waals surface area contributed by atoms with Crippen molar-refractivity contribution in [3.8, 4) is 0 Å². The molecule has 0 saturated carbocycles. The van der Waals surface area contributed by atoms with E-state index in [4.69, 9.17) is 18.0 Å². The van der Waals surface area contributed by atoms with E-state index in [9.17, 15) is 0 Å². The number of anilines is 1. The average molecular weight is 252 g/mol. The number of rotatable bonds is 5. The molecule has 1 heterocycles. The summed E-state index contributed by atoms with van der Waals surface area (Å²) in [6.45, 7) is 7.25. The lowest BCUT2D eigenvalue weighted by molar-refractivity contribution is 0.581. The van der Waals surface area contributed by atoms with Crippen molar-refractivity contribution in [3.63, 3.8) is 0 Å². The molecule has 94 valence electrons. The maximum atomic E-state index is 5.60. The Morgan fingerprint density at radius 1 is 1.47 bits per heavy atom. The average Bonchev–Trinajstić information content (AvgIpc) is 2.24. The van der Waals surface area contributed by atoms with Gasteiger partial charge in [-0.05, 0) is 25.3 Å². The number of hydrogen-bond acceptors (Lipinski definition) is 4. The first-order chi connectivity index (χ1) is 7.90. The highest BCUT2D eigenvalue weighted by molar-refractivity contribution is 7.80. The van der Waals surface area contributed by atoms with Crippen molar-refractivity contribution in [2.45, 2.75) is 27.2 Å². The maximum Gasteiger partial charge on any atom is 0.225 e. The Morgan fingerprint density at radius 3 is 2.65 bits per heavy atom. The molecule has 17 heavy (non-hydrogen) atoms. The Kier molecular flexibility index (Phi) is 4.81. The lowest BCUT2D eigenvalue weighted by Gasteiger charge is -2.19. The van der Waals surface area contributed by atoms with Gasteiger partial charge in [-0.1, -0.05) is 26.1 Å². The second kappa shape index (κ2) is 5.91. The Morgan fingerprint density at radius 2 is 2.12 bits per heavy atom. The molecule has 1 rings (SSSR count). The van der Waals surface area contributed by atoms with E-state index in [1.54, 1.807) is 0 Å². The van der Waals surface area contributed by atoms with Crippen LogP contribution in [-0.2, 0) is 0 Å². The predicted octanol–water partition coefficient (Wildman–Crippen LogP) is 1.90. The van der Waals surface area contributed by atoms with Gasteiger partial charge in [0, 0.05) is 19.3 Å². The predicted molar refractivity (Wildman–Crippen MR) is 75.4 cm³/mol. The van der Waals surface area contributed by atoms with Crippen LogP contribution in [0, 0.1) is 12.8 Å². The van der Waals surface area contributed by atoms with Crippen LogP contribution in [0.25, 0.3) is 0 Å². The van der Waals surface area contributed by atoms with Gasteiger partial charge in [-0.2, -0.15) is 0 Å². The van der Waals surface area contributed by atoms with Gasteiger partial charge >= 0.3 is 0 Å². The van der Waals surface area contributed by atoms with Crippen LogP contribution in [0.3, 0.4) is 0 Å². The summed E-state index contributed by atoms with van der Waals surface area (Å²) < 4.78 is 0. The molecule has 1 aromatic heterocycles. The zero-order chi connectivity index (χ0) is 13.0. The summed E-state index contributed by atoms with van der Waals surface area (Å²) in [5.74, 6) is 1.35. The fourth-order valence-electron chi connectivity index (χ4n) is 1.40. The molecule has 0 aliphatic rings. The highest BCUT2D eigenvalue weighted by atomic mass is 32.1. The Balaban J connectivity index is 2.86. The summed E-state index contributed by atoms with van der Waals surface area (Å²) in [6, 6.07) is 1.81. The molecule has 4 nitrogen and oxygen atoms in total. The van der Waals surface area contributed by atoms with Crippen molar-refractivity contribution in [3.05, 3.63) is 17.5 Å². The fourth-order valence-corrected chi connectivity index (χ4v) is 1.51. The van der Waals surface area contributed by atoms with Crippen LogP contribution in [0.4, 0.5) is 5.95 Å². The molecular formula is C12H20N4S. The van der Waals surface area contributed by atoms with E-state index in [0.29, 0.717) is 22.5 Å². The van der Waals surface area contributed by atoms with Gasteiger partial charge in [0.25, 0.3) is 0 Å². The second-order valence-corrected chi connectivity index (χ2v) is 5.10. The number of aromatic nitrogens is 2. The molecule has 5 heteroatoms. The van der Waals surface area contributed by atoms with Crippen LogP contribution in [0.15, 0.2) is 6.07 Å². The molecule has 0 saturated heterocycles. The summed E-state index contributed by atoms with van der Waals surface area (Å²) in [5, 5.41) is 0. The van der Waals surface area contributed by atoms with Gasteiger partial charge in [0.05, 0.1) is 0 Å². The van der Waals surface area contributed by atoms with Gasteiger partial charge < -0.3 is 10.6 Å². The standard InChI is InChI=1S/C12H20N4S/c1-8(2)5-6-16(4)12-14-9(3)7-10(15-12)11(13)17/h7-8H,5-6H2,1-4H3,(H2,13,17). The molecule has 1 aromatic rings. The van der Waals surface area contributed by atoms with E-state index in [1.807, 2.05) is 24.9 Å². The first kappa shape index (κ1) is 13.8. The Bertz CT molecular complexity index is 403. The van der Waals surface area contributed by atoms with Crippen molar-refractivity contribution in [1.82, 2.24) is 9.97 Å². The Hall–Kier alpha value is -1.23. The van der Waals surface area contributed by atoms with Crippen LogP contribution < -0.4 is 10.6 Å². The smallest absolute Gasteiger partial charge is 0.225 e. The van der Waals surface area contributed by atoms with E-state index in [0.717, 1.165) is 18.7 Å². The topological polar surface area (TPSA) is 55.0 Å². The minimum Gasteiger partial charge on any atom is -0.388 e. The SMILES string of the molecule is Cc1cc(C(N)=S)nc(N(C)CCC(C)C)n1. The molecule has 0 aliphatic carbocycles. The monoisotopic (exact) mass is 252 g/mol. The van der Waals surface area contributed by atoms with Crippen molar-refractivity contribution in [1.29, 1.82) is 0 Å². The summed E-state index contributed by atoms with van der Waals surface area (Å²) in [7, 11) is 1.99. The van der Waals surface area contributed by atoms with Crippen molar-refractivity contribution >= 4 is 23.2 Å². The lowest BCUT2D eigenvalue weighted by Crippen LogP contribution is -2.24. The molecule has 0 atom stereocenters. The quantitative estimate of drug-likeness (QED) is 0.811. The molecule has 0 bridgehead atoms. The molecule has 0 amide bonds. The number of thiocarbonyl (C=S) groups is 1. The van der Waals surface area contributed by atoms with E-state index in [1.165, 1.54) is 0 Å². The van der Waals surface area contributed by atoms with Crippen LogP contribution in [0.5, 0.6) is 0 Å². The number of nitrogens with two attached hydrogens (primary N) is 1. The molecular weight excluding hydrogens is 232 g/mol. The van der Waals surface area contributed by atoms with Crippen LogP contribution in [-0.4, -0.2) is 28.5 Å². The third-order valence-corrected chi connectivity index (χ3v) is 2.69. The molecule has 0 radical (unpaired) electrons. The summed E-state index contributed by atoms with van der Waals surface area (Å²) in [6.07, 6.45) is 1.11. The molecule has 0 aliphatic heterocycles. The summed E-state index contributed by atoms with van der Waals surface area (Å²) in [5.41, 5.74) is 7.12. The number of nitrogens with zero attached hydrogens (tertiary/aromatic N) is 3. The normalized spacial score (nSPS) is 10.6. The van der Waals surface area contributed by atoms with Gasteiger partial charge in [-0.25, -0.2) is 9.97 Å². The highest BCUT2D eigenvalue weighted by Gasteiger charge is 2.09. The second-order valence-electron chi connectivity index (χ2n) is 4.66. The summed E-state index contributed by atoms with van der Waals surface area (Å²) >= 11 is 4.94. The fraction of sp³-hybridized carbons (Fsp3) is 0.583. The highest BCUT2D eigenvalue weighted by Crippen LogP contribution is 2.11. The van der Waals surface area contributed by atoms with E-state index in [2.05, 4.69) is 23.8 Å². The maximum absolute atomic E-state index is 5.60. The van der Waals surface area contributed by atoms with Gasteiger partial charge in [-0.15, -0.1) is 0 Å². The van der Waals surface area contributed by atoms with Gasteiger partial charge in [0.15, 0.2) is 0 Å². The van der Waals surface area contributed by atoms with Crippen LogP contribution in [0.1, 0.15) is 31.7 Å². The van der Waals surface area contributed by atoms with Crippen LogP contribution in [0.2, 0.25) is 0 Å². The third kappa shape index (κ3) is 4.26. The zero-order valence-corrected chi connectivity index (χ0v) is 11.7. The van der Waals surface area contributed by atoms with Crippen molar-refractivity contribution in [2.75, 3.05) is 18.5 Å². The van der Waals surface area contributed by atoms with Gasteiger partial charge in [-0.3, -0.25) is 0 Å². The largest absolute Gasteiger partial charge is 0.388 e. The van der Waals surface area contributed by atoms with Gasteiger partial charge in [0.1, 0.15) is 10.7 Å². The van der Waals surface area contributed by atoms with E-state index >= 15 is 0 Å². The van der Waals surface area contributed by atoms with E-state index in [-0.39, 0.29) is 0 Å². The minimum atomic E-state index is 0.314. The molecule has 0 unspecified atom stereocenters. The Labute approximate surface area is 108 Å². The zero-order valence-electron chi connectivity index (χ0n) is 10.9. The van der Waals surface area contributed by atoms with Crippen LogP contribution >= 0.6 is 12.2 Å². The number of aryl methyl sites for hydroxylation is 1. The third-order valence-electron chi connectivity index (χ3n) is 2.48. The molecule has 0 fully saturated rings. The first-order valence-electron chi connectivity index (χ1n) is 5.76. The molecule has 0 aromatic carbocycles. The first-order valence-corrected chi connectivity index (χ1v) is 6.17. The molecule has 2 N–H and O–H groups in total. The number of hydrogen-bond donors (Lipinski definition) is 1. The minimum absolute atomic E-state index is 0.314. The summed E-state index contributed by atoms with van der Waals surface area (Å²) in [4.78, 5) is 11.1.